The lowest BCUT2D eigenvalue weighted by atomic mass is 10.1. The lowest BCUT2D eigenvalue weighted by Crippen LogP contribution is -2.03. The zero-order chi connectivity index (χ0) is 13.3. The minimum absolute atomic E-state index is 0.277. The normalized spacial score (nSPS) is 11.3. The van der Waals surface area contributed by atoms with Crippen molar-refractivity contribution < 1.29 is 9.90 Å². The Hall–Kier alpha value is -1.84. The number of aromatic nitrogens is 2. The van der Waals surface area contributed by atoms with Gasteiger partial charge in [-0.3, -0.25) is 0 Å². The van der Waals surface area contributed by atoms with Crippen molar-refractivity contribution >= 4 is 17.0 Å². The molecule has 2 aromatic rings. The second-order valence-electron chi connectivity index (χ2n) is 4.97. The van der Waals surface area contributed by atoms with Gasteiger partial charge in [-0.2, -0.15) is 0 Å². The lowest BCUT2D eigenvalue weighted by molar-refractivity contribution is 0.0699. The standard InChI is InChI=1S/C14H18N2O2/c1-9(2)7-8-16-10(3)15-13-11(14(17)18)5-4-6-12(13)16/h4-6,9H,7-8H2,1-3H3,(H,17,18). The van der Waals surface area contributed by atoms with Gasteiger partial charge in [-0.15, -0.1) is 0 Å². The average molecular weight is 246 g/mol. The molecule has 2 rings (SSSR count). The number of aryl methyl sites for hydroxylation is 2. The topological polar surface area (TPSA) is 55.1 Å². The molecule has 4 nitrogen and oxygen atoms in total. The Morgan fingerprint density at radius 2 is 2.17 bits per heavy atom. The zero-order valence-corrected chi connectivity index (χ0v) is 11.0. The Morgan fingerprint density at radius 3 is 2.78 bits per heavy atom. The van der Waals surface area contributed by atoms with Crippen LogP contribution in [-0.4, -0.2) is 20.6 Å². The quantitative estimate of drug-likeness (QED) is 0.901. The molecule has 0 aliphatic rings. The Morgan fingerprint density at radius 1 is 1.44 bits per heavy atom. The highest BCUT2D eigenvalue weighted by atomic mass is 16.4. The zero-order valence-electron chi connectivity index (χ0n) is 11.0. The Kier molecular flexibility index (Phi) is 3.36. The van der Waals surface area contributed by atoms with Gasteiger partial charge in [0.1, 0.15) is 11.3 Å². The summed E-state index contributed by atoms with van der Waals surface area (Å²) < 4.78 is 2.10. The number of carboxylic acid groups (broad SMARTS) is 1. The van der Waals surface area contributed by atoms with Gasteiger partial charge in [-0.25, -0.2) is 9.78 Å². The minimum atomic E-state index is -0.922. The molecule has 0 aliphatic carbocycles. The molecule has 1 heterocycles. The van der Waals surface area contributed by atoms with Crippen LogP contribution in [0, 0.1) is 12.8 Å². The van der Waals surface area contributed by atoms with E-state index in [1.54, 1.807) is 12.1 Å². The SMILES string of the molecule is Cc1nc2c(C(=O)O)cccc2n1CCC(C)C. The van der Waals surface area contributed by atoms with Crippen molar-refractivity contribution in [3.63, 3.8) is 0 Å². The van der Waals surface area contributed by atoms with Gasteiger partial charge >= 0.3 is 5.97 Å². The number of benzene rings is 1. The monoisotopic (exact) mass is 246 g/mol. The molecule has 0 fully saturated rings. The van der Waals surface area contributed by atoms with Crippen molar-refractivity contribution in [1.82, 2.24) is 9.55 Å². The van der Waals surface area contributed by atoms with Crippen molar-refractivity contribution in [2.24, 2.45) is 5.92 Å². The van der Waals surface area contributed by atoms with Gasteiger partial charge < -0.3 is 9.67 Å². The molecule has 1 aromatic heterocycles. The predicted octanol–water partition coefficient (Wildman–Crippen LogP) is 3.09. The maximum atomic E-state index is 11.2. The van der Waals surface area contributed by atoms with Crippen LogP contribution in [0.25, 0.3) is 11.0 Å². The smallest absolute Gasteiger partial charge is 0.337 e. The average Bonchev–Trinajstić information content (AvgIpc) is 2.61. The second-order valence-corrected chi connectivity index (χ2v) is 4.97. The van der Waals surface area contributed by atoms with E-state index in [4.69, 9.17) is 5.11 Å². The van der Waals surface area contributed by atoms with Gasteiger partial charge in [-0.1, -0.05) is 19.9 Å². The number of fused-ring (bicyclic) bond motifs is 1. The van der Waals surface area contributed by atoms with Crippen LogP contribution in [0.4, 0.5) is 0 Å². The highest BCUT2D eigenvalue weighted by molar-refractivity contribution is 6.01. The summed E-state index contributed by atoms with van der Waals surface area (Å²) in [5, 5.41) is 9.15. The number of rotatable bonds is 4. The van der Waals surface area contributed by atoms with Gasteiger partial charge in [0.05, 0.1) is 11.1 Å². The van der Waals surface area contributed by atoms with E-state index < -0.39 is 5.97 Å². The maximum absolute atomic E-state index is 11.2. The molecule has 0 saturated heterocycles. The second kappa shape index (κ2) is 4.80. The van der Waals surface area contributed by atoms with Crippen LogP contribution < -0.4 is 0 Å². The molecule has 96 valence electrons. The van der Waals surface area contributed by atoms with Crippen molar-refractivity contribution in [2.75, 3.05) is 0 Å². The van der Waals surface area contributed by atoms with E-state index in [0.29, 0.717) is 11.4 Å². The van der Waals surface area contributed by atoms with Crippen LogP contribution in [0.3, 0.4) is 0 Å². The Balaban J connectivity index is 2.51. The first-order valence-corrected chi connectivity index (χ1v) is 6.20. The number of carboxylic acids is 1. The summed E-state index contributed by atoms with van der Waals surface area (Å²) in [5.41, 5.74) is 1.78. The number of imidazole rings is 1. The molecule has 4 heteroatoms. The third kappa shape index (κ3) is 2.23. The van der Waals surface area contributed by atoms with Crippen LogP contribution in [0.2, 0.25) is 0 Å². The van der Waals surface area contributed by atoms with E-state index in [0.717, 1.165) is 24.3 Å². The highest BCUT2D eigenvalue weighted by Crippen LogP contribution is 2.21. The van der Waals surface area contributed by atoms with Gasteiger partial charge in [-0.05, 0) is 31.4 Å². The van der Waals surface area contributed by atoms with E-state index in [1.807, 2.05) is 13.0 Å². The molecule has 0 spiro atoms. The highest BCUT2D eigenvalue weighted by Gasteiger charge is 2.14. The fraction of sp³-hybridized carbons (Fsp3) is 0.429. The van der Waals surface area contributed by atoms with Gasteiger partial charge in [0.15, 0.2) is 0 Å². The largest absolute Gasteiger partial charge is 0.478 e. The molecule has 0 atom stereocenters. The van der Waals surface area contributed by atoms with E-state index >= 15 is 0 Å². The summed E-state index contributed by atoms with van der Waals surface area (Å²) in [4.78, 5) is 15.5. The molecule has 1 N–H and O–H groups in total. The van der Waals surface area contributed by atoms with E-state index in [9.17, 15) is 4.79 Å². The summed E-state index contributed by atoms with van der Waals surface area (Å²) in [5.74, 6) is 0.568. The Labute approximate surface area is 106 Å². The molecule has 18 heavy (non-hydrogen) atoms. The number of nitrogens with zero attached hydrogens (tertiary/aromatic N) is 2. The van der Waals surface area contributed by atoms with E-state index in [2.05, 4.69) is 23.4 Å². The van der Waals surface area contributed by atoms with E-state index in [-0.39, 0.29) is 5.56 Å². The van der Waals surface area contributed by atoms with Crippen LogP contribution in [0.5, 0.6) is 0 Å². The summed E-state index contributed by atoms with van der Waals surface area (Å²) >= 11 is 0. The van der Waals surface area contributed by atoms with Crippen LogP contribution >= 0.6 is 0 Å². The summed E-state index contributed by atoms with van der Waals surface area (Å²) in [6, 6.07) is 5.31. The lowest BCUT2D eigenvalue weighted by Gasteiger charge is -2.08. The first kappa shape index (κ1) is 12.6. The molecule has 0 aliphatic heterocycles. The number of aromatic carboxylic acids is 1. The van der Waals surface area contributed by atoms with Gasteiger partial charge in [0.25, 0.3) is 0 Å². The minimum Gasteiger partial charge on any atom is -0.478 e. The molecule has 0 radical (unpaired) electrons. The third-order valence-electron chi connectivity index (χ3n) is 3.13. The van der Waals surface area contributed by atoms with Crippen molar-refractivity contribution in [2.45, 2.75) is 33.7 Å². The molecule has 1 aromatic carbocycles. The molecule has 0 amide bonds. The van der Waals surface area contributed by atoms with Crippen LogP contribution in [0.15, 0.2) is 18.2 Å². The van der Waals surface area contributed by atoms with Crippen molar-refractivity contribution in [1.29, 1.82) is 0 Å². The number of para-hydroxylation sites is 1. The van der Waals surface area contributed by atoms with Crippen molar-refractivity contribution in [3.8, 4) is 0 Å². The number of hydrogen-bond acceptors (Lipinski definition) is 2. The first-order valence-electron chi connectivity index (χ1n) is 6.20. The fourth-order valence-corrected chi connectivity index (χ4v) is 2.11. The Bertz CT molecular complexity index is 585. The molecule has 0 unspecified atom stereocenters. The maximum Gasteiger partial charge on any atom is 0.337 e. The molecule has 0 saturated carbocycles. The predicted molar refractivity (Wildman–Crippen MR) is 70.9 cm³/mol. The van der Waals surface area contributed by atoms with Crippen molar-refractivity contribution in [3.05, 3.63) is 29.6 Å². The molecule has 0 bridgehead atoms. The summed E-state index contributed by atoms with van der Waals surface area (Å²) in [7, 11) is 0. The van der Waals surface area contributed by atoms with E-state index in [1.165, 1.54) is 0 Å². The van der Waals surface area contributed by atoms with Gasteiger partial charge in [0, 0.05) is 6.54 Å². The fourth-order valence-electron chi connectivity index (χ4n) is 2.11. The number of carbonyl (C=O) groups is 1. The van der Waals surface area contributed by atoms with Gasteiger partial charge in [0.2, 0.25) is 0 Å². The third-order valence-corrected chi connectivity index (χ3v) is 3.13. The molecular weight excluding hydrogens is 228 g/mol. The summed E-state index contributed by atoms with van der Waals surface area (Å²) in [6.07, 6.45) is 1.06. The van der Waals surface area contributed by atoms with Crippen LogP contribution in [-0.2, 0) is 6.54 Å². The first-order chi connectivity index (χ1) is 8.50. The summed E-state index contributed by atoms with van der Waals surface area (Å²) in [6.45, 7) is 7.16. The number of hydrogen-bond donors (Lipinski definition) is 1. The van der Waals surface area contributed by atoms with Crippen LogP contribution in [0.1, 0.15) is 36.5 Å². The molecular formula is C14H18N2O2.